The van der Waals surface area contributed by atoms with Crippen LogP contribution in [0.2, 0.25) is 0 Å². The van der Waals surface area contributed by atoms with Crippen LogP contribution in [0.25, 0.3) is 21.8 Å². The second-order valence-electron chi connectivity index (χ2n) is 7.44. The number of nitrogen functional groups attached to an aromatic ring is 1. The predicted molar refractivity (Wildman–Crippen MR) is 110 cm³/mol. The molecule has 3 aromatic heterocycles. The molecule has 0 fully saturated rings. The van der Waals surface area contributed by atoms with Gasteiger partial charge in [-0.15, -0.1) is 0 Å². The number of hydrogen-bond donors (Lipinski definition) is 1. The Morgan fingerprint density at radius 3 is 2.53 bits per heavy atom. The molecule has 1 amide bonds. The summed E-state index contributed by atoms with van der Waals surface area (Å²) >= 11 is 0. The van der Waals surface area contributed by atoms with Gasteiger partial charge in [-0.2, -0.15) is 18.3 Å². The standard InChI is InChI=1S/C21H18F4N6O/c1-10(16-5-4-11(8-27-16)21(23,24)25)30(2)20(32)12-6-13-17(7-15(12)22)29-19(26)14-9-28-31(3)18(13)14/h4-10H,1-3H3,(H2,26,29). The lowest BCUT2D eigenvalue weighted by molar-refractivity contribution is -0.137. The maximum absolute atomic E-state index is 14.8. The average Bonchev–Trinajstić information content (AvgIpc) is 3.14. The molecule has 0 aliphatic rings. The highest BCUT2D eigenvalue weighted by molar-refractivity contribution is 6.10. The van der Waals surface area contributed by atoms with Crippen molar-refractivity contribution in [3.05, 3.63) is 59.3 Å². The number of carbonyl (C=O) groups excluding carboxylic acids is 1. The van der Waals surface area contributed by atoms with E-state index in [2.05, 4.69) is 15.1 Å². The van der Waals surface area contributed by atoms with Crippen molar-refractivity contribution in [2.45, 2.75) is 19.1 Å². The number of aryl methyl sites for hydroxylation is 1. The maximum Gasteiger partial charge on any atom is 0.417 e. The summed E-state index contributed by atoms with van der Waals surface area (Å²) in [7, 11) is 3.12. The van der Waals surface area contributed by atoms with E-state index in [0.717, 1.165) is 12.1 Å². The van der Waals surface area contributed by atoms with Gasteiger partial charge >= 0.3 is 6.18 Å². The van der Waals surface area contributed by atoms with Crippen molar-refractivity contribution in [1.29, 1.82) is 0 Å². The quantitative estimate of drug-likeness (QED) is 0.479. The van der Waals surface area contributed by atoms with E-state index in [1.807, 2.05) is 0 Å². The van der Waals surface area contributed by atoms with Crippen LogP contribution in [0.15, 0.2) is 36.7 Å². The molecule has 4 rings (SSSR count). The van der Waals surface area contributed by atoms with Crippen molar-refractivity contribution >= 4 is 33.5 Å². The minimum absolute atomic E-state index is 0.193. The van der Waals surface area contributed by atoms with E-state index in [1.165, 1.54) is 30.3 Å². The number of hydrogen-bond acceptors (Lipinski definition) is 5. The van der Waals surface area contributed by atoms with Gasteiger partial charge in [0.05, 0.1) is 45.5 Å². The predicted octanol–water partition coefficient (Wildman–Crippen LogP) is 4.09. The molecule has 0 saturated carbocycles. The second-order valence-corrected chi connectivity index (χ2v) is 7.44. The van der Waals surface area contributed by atoms with Gasteiger partial charge in [0.25, 0.3) is 5.91 Å². The lowest BCUT2D eigenvalue weighted by Crippen LogP contribution is -2.31. The first-order chi connectivity index (χ1) is 15.0. The Kier molecular flexibility index (Phi) is 4.99. The summed E-state index contributed by atoms with van der Waals surface area (Å²) < 4.78 is 54.7. The fourth-order valence-corrected chi connectivity index (χ4v) is 3.53. The van der Waals surface area contributed by atoms with Gasteiger partial charge in [0, 0.05) is 31.7 Å². The summed E-state index contributed by atoms with van der Waals surface area (Å²) in [5.74, 6) is -1.26. The average molecular weight is 446 g/mol. The topological polar surface area (TPSA) is 89.9 Å². The fourth-order valence-electron chi connectivity index (χ4n) is 3.53. The van der Waals surface area contributed by atoms with E-state index in [-0.39, 0.29) is 22.6 Å². The highest BCUT2D eigenvalue weighted by atomic mass is 19.4. The first kappa shape index (κ1) is 21.5. The number of fused-ring (bicyclic) bond motifs is 3. The molecule has 0 spiro atoms. The van der Waals surface area contributed by atoms with E-state index >= 15 is 0 Å². The van der Waals surface area contributed by atoms with Crippen LogP contribution in [0.3, 0.4) is 0 Å². The van der Waals surface area contributed by atoms with Crippen LogP contribution >= 0.6 is 0 Å². The van der Waals surface area contributed by atoms with Crippen LogP contribution in [0.5, 0.6) is 0 Å². The van der Waals surface area contributed by atoms with Gasteiger partial charge in [-0.3, -0.25) is 14.5 Å². The van der Waals surface area contributed by atoms with Gasteiger partial charge in [0.1, 0.15) is 11.6 Å². The molecule has 0 saturated heterocycles. The molecule has 166 valence electrons. The minimum Gasteiger partial charge on any atom is -0.383 e. The van der Waals surface area contributed by atoms with Crippen molar-refractivity contribution in [2.24, 2.45) is 7.05 Å². The first-order valence-corrected chi connectivity index (χ1v) is 9.49. The zero-order valence-electron chi connectivity index (χ0n) is 17.3. The number of amides is 1. The summed E-state index contributed by atoms with van der Waals surface area (Å²) in [5, 5.41) is 5.21. The number of nitrogens with zero attached hydrogens (tertiary/aromatic N) is 5. The third kappa shape index (κ3) is 3.49. The van der Waals surface area contributed by atoms with Gasteiger partial charge in [0.2, 0.25) is 0 Å². The summed E-state index contributed by atoms with van der Waals surface area (Å²) in [5.41, 5.74) is 5.93. The Morgan fingerprint density at radius 2 is 1.91 bits per heavy atom. The van der Waals surface area contributed by atoms with Crippen LogP contribution in [-0.2, 0) is 13.2 Å². The molecular formula is C21H18F4N6O. The fraction of sp³-hybridized carbons (Fsp3) is 0.238. The Balaban J connectivity index is 1.72. The van der Waals surface area contributed by atoms with Crippen molar-refractivity contribution in [1.82, 2.24) is 24.6 Å². The zero-order chi connectivity index (χ0) is 23.4. The number of anilines is 1. The lowest BCUT2D eigenvalue weighted by atomic mass is 10.1. The molecule has 4 aromatic rings. The Bertz CT molecular complexity index is 1350. The summed E-state index contributed by atoms with van der Waals surface area (Å²) in [6, 6.07) is 3.89. The molecule has 7 nitrogen and oxygen atoms in total. The third-order valence-corrected chi connectivity index (χ3v) is 5.47. The Labute approximate surface area is 179 Å². The number of benzene rings is 1. The molecule has 0 aliphatic heterocycles. The SMILES string of the molecule is CC(c1ccc(C(F)(F)F)cn1)N(C)C(=O)c1cc2c(cc1F)nc(N)c1cnn(C)c12. The van der Waals surface area contributed by atoms with Gasteiger partial charge < -0.3 is 10.6 Å². The summed E-state index contributed by atoms with van der Waals surface area (Å²) in [6.45, 7) is 1.59. The summed E-state index contributed by atoms with van der Waals surface area (Å²) in [4.78, 5) is 22.3. The van der Waals surface area contributed by atoms with Crippen LogP contribution in [0.1, 0.15) is 34.6 Å². The number of halogens is 4. The second kappa shape index (κ2) is 7.43. The normalized spacial score (nSPS) is 13.0. The molecule has 1 unspecified atom stereocenters. The Hall–Kier alpha value is -3.76. The number of rotatable bonds is 3. The van der Waals surface area contributed by atoms with Crippen molar-refractivity contribution in [3.8, 4) is 0 Å². The van der Waals surface area contributed by atoms with Gasteiger partial charge in [-0.05, 0) is 25.1 Å². The smallest absolute Gasteiger partial charge is 0.383 e. The van der Waals surface area contributed by atoms with Crippen LogP contribution in [-0.4, -0.2) is 37.6 Å². The lowest BCUT2D eigenvalue weighted by Gasteiger charge is -2.25. The molecule has 2 N–H and O–H groups in total. The highest BCUT2D eigenvalue weighted by Crippen LogP contribution is 2.32. The third-order valence-electron chi connectivity index (χ3n) is 5.47. The molecule has 1 atom stereocenters. The largest absolute Gasteiger partial charge is 0.417 e. The zero-order valence-corrected chi connectivity index (χ0v) is 17.3. The number of nitrogens with two attached hydrogens (primary N) is 1. The van der Waals surface area contributed by atoms with E-state index < -0.39 is 29.5 Å². The van der Waals surface area contributed by atoms with Crippen LogP contribution < -0.4 is 5.73 Å². The first-order valence-electron chi connectivity index (χ1n) is 9.49. The van der Waals surface area contributed by atoms with Crippen LogP contribution in [0.4, 0.5) is 23.4 Å². The maximum atomic E-state index is 14.8. The molecule has 3 heterocycles. The van der Waals surface area contributed by atoms with Crippen molar-refractivity contribution in [2.75, 3.05) is 12.8 Å². The molecule has 0 radical (unpaired) electrons. The van der Waals surface area contributed by atoms with Crippen molar-refractivity contribution < 1.29 is 22.4 Å². The molecule has 0 bridgehead atoms. The van der Waals surface area contributed by atoms with E-state index in [4.69, 9.17) is 5.73 Å². The van der Waals surface area contributed by atoms with E-state index in [0.29, 0.717) is 22.5 Å². The number of carbonyl (C=O) groups is 1. The van der Waals surface area contributed by atoms with Crippen molar-refractivity contribution in [3.63, 3.8) is 0 Å². The molecular weight excluding hydrogens is 428 g/mol. The van der Waals surface area contributed by atoms with Gasteiger partial charge in [0.15, 0.2) is 0 Å². The minimum atomic E-state index is -4.51. The number of aromatic nitrogens is 4. The number of alkyl halides is 3. The molecule has 11 heteroatoms. The molecule has 1 aromatic carbocycles. The van der Waals surface area contributed by atoms with E-state index in [1.54, 1.807) is 18.7 Å². The van der Waals surface area contributed by atoms with E-state index in [9.17, 15) is 22.4 Å². The van der Waals surface area contributed by atoms with Gasteiger partial charge in [-0.25, -0.2) is 9.37 Å². The Morgan fingerprint density at radius 1 is 1.19 bits per heavy atom. The highest BCUT2D eigenvalue weighted by Gasteiger charge is 2.31. The number of pyridine rings is 2. The molecule has 0 aliphatic carbocycles. The van der Waals surface area contributed by atoms with Crippen LogP contribution in [0, 0.1) is 5.82 Å². The van der Waals surface area contributed by atoms with Gasteiger partial charge in [-0.1, -0.05) is 0 Å². The molecule has 32 heavy (non-hydrogen) atoms. The summed E-state index contributed by atoms with van der Waals surface area (Å²) in [6.07, 6.45) is -2.28. The monoisotopic (exact) mass is 446 g/mol.